The number of aromatic nitrogens is 1. The quantitative estimate of drug-likeness (QED) is 0.872. The number of nitrogens with zero attached hydrogens (tertiary/aromatic N) is 2. The molecule has 0 spiro atoms. The minimum atomic E-state index is -3.81. The minimum absolute atomic E-state index is 0.0793. The zero-order chi connectivity index (χ0) is 14.4. The third-order valence-electron chi connectivity index (χ3n) is 2.47. The van der Waals surface area contributed by atoms with Crippen LogP contribution in [-0.2, 0) is 9.84 Å². The first-order valence-corrected chi connectivity index (χ1v) is 7.21. The molecule has 0 saturated heterocycles. The molecule has 6 heteroatoms. The molecule has 0 aliphatic carbocycles. The number of sulfone groups is 1. The first-order valence-electron chi connectivity index (χ1n) is 5.72. The van der Waals surface area contributed by atoms with E-state index in [1.807, 2.05) is 0 Å². The van der Waals surface area contributed by atoms with E-state index in [9.17, 15) is 8.42 Å². The van der Waals surface area contributed by atoms with Crippen molar-refractivity contribution in [2.75, 3.05) is 5.32 Å². The molecule has 1 heterocycles. The lowest BCUT2D eigenvalue weighted by atomic mass is 10.4. The van der Waals surface area contributed by atoms with E-state index < -0.39 is 9.84 Å². The largest absolute Gasteiger partial charge is 0.345 e. The van der Waals surface area contributed by atoms with Gasteiger partial charge < -0.3 is 5.32 Å². The second-order valence-electron chi connectivity index (χ2n) is 3.80. The first kappa shape index (κ1) is 13.8. The van der Waals surface area contributed by atoms with Gasteiger partial charge in [-0.1, -0.05) is 24.3 Å². The summed E-state index contributed by atoms with van der Waals surface area (Å²) in [4.78, 5) is 3.69. The molecule has 2 rings (SSSR count). The van der Waals surface area contributed by atoms with Gasteiger partial charge in [0.1, 0.15) is 11.9 Å². The summed E-state index contributed by atoms with van der Waals surface area (Å²) >= 11 is 0. The highest BCUT2D eigenvalue weighted by Gasteiger charge is 2.20. The van der Waals surface area contributed by atoms with Crippen molar-refractivity contribution in [3.63, 3.8) is 0 Å². The number of hydrogen-bond donors (Lipinski definition) is 1. The van der Waals surface area contributed by atoms with Gasteiger partial charge in [0.05, 0.1) is 4.90 Å². The van der Waals surface area contributed by atoms with Crippen molar-refractivity contribution in [2.24, 2.45) is 0 Å². The molecule has 0 aliphatic heterocycles. The molecule has 0 unspecified atom stereocenters. The van der Waals surface area contributed by atoms with Crippen molar-refractivity contribution in [1.29, 1.82) is 5.26 Å². The molecule has 0 atom stereocenters. The molecule has 0 amide bonds. The molecule has 5 nitrogen and oxygen atoms in total. The Hall–Kier alpha value is -2.65. The summed E-state index contributed by atoms with van der Waals surface area (Å²) in [5, 5.41) is 11.7. The third-order valence-corrected chi connectivity index (χ3v) is 4.15. The fourth-order valence-corrected chi connectivity index (χ4v) is 2.59. The molecule has 0 bridgehead atoms. The van der Waals surface area contributed by atoms with E-state index in [0.717, 1.165) is 6.20 Å². The van der Waals surface area contributed by atoms with E-state index in [4.69, 9.17) is 5.26 Å². The first-order chi connectivity index (χ1) is 9.64. The van der Waals surface area contributed by atoms with E-state index in [2.05, 4.69) is 10.3 Å². The molecule has 0 radical (unpaired) electrons. The Bertz CT molecular complexity index is 748. The molecule has 2 aromatic rings. The maximum atomic E-state index is 12.2. The fourth-order valence-electron chi connectivity index (χ4n) is 1.48. The van der Waals surface area contributed by atoms with Crippen molar-refractivity contribution in [3.05, 3.63) is 65.8 Å². The van der Waals surface area contributed by atoms with Crippen molar-refractivity contribution >= 4 is 15.7 Å². The second kappa shape index (κ2) is 5.99. The van der Waals surface area contributed by atoms with E-state index >= 15 is 0 Å². The Morgan fingerprint density at radius 1 is 1.15 bits per heavy atom. The highest BCUT2D eigenvalue weighted by Crippen LogP contribution is 2.18. The SMILES string of the molecule is N#C/C(=C\Nc1ccccn1)S(=O)(=O)c1ccccc1. The van der Waals surface area contributed by atoms with Gasteiger partial charge in [0.25, 0.3) is 0 Å². The van der Waals surface area contributed by atoms with Gasteiger partial charge >= 0.3 is 0 Å². The van der Waals surface area contributed by atoms with Gasteiger partial charge in [-0.2, -0.15) is 5.26 Å². The lowest BCUT2D eigenvalue weighted by molar-refractivity contribution is 0.603. The Kier molecular flexibility index (Phi) is 4.13. The van der Waals surface area contributed by atoms with Gasteiger partial charge in [-0.3, -0.25) is 0 Å². The molecule has 0 fully saturated rings. The monoisotopic (exact) mass is 285 g/mol. The van der Waals surface area contributed by atoms with Gasteiger partial charge in [-0.15, -0.1) is 0 Å². The maximum absolute atomic E-state index is 12.2. The Labute approximate surface area is 117 Å². The molecule has 100 valence electrons. The van der Waals surface area contributed by atoms with Crippen LogP contribution in [0.5, 0.6) is 0 Å². The molecule has 1 aromatic heterocycles. The van der Waals surface area contributed by atoms with Crippen LogP contribution in [-0.4, -0.2) is 13.4 Å². The molecule has 1 aromatic carbocycles. The van der Waals surface area contributed by atoms with Crippen molar-refractivity contribution < 1.29 is 8.42 Å². The third kappa shape index (κ3) is 3.02. The maximum Gasteiger partial charge on any atom is 0.218 e. The van der Waals surface area contributed by atoms with Crippen LogP contribution in [0, 0.1) is 11.3 Å². The van der Waals surface area contributed by atoms with Gasteiger partial charge in [-0.05, 0) is 24.3 Å². The average Bonchev–Trinajstić information content (AvgIpc) is 2.49. The lowest BCUT2D eigenvalue weighted by Gasteiger charge is -2.03. The molecule has 1 N–H and O–H groups in total. The molecule has 0 aliphatic rings. The number of pyridine rings is 1. The van der Waals surface area contributed by atoms with Crippen LogP contribution < -0.4 is 5.32 Å². The summed E-state index contributed by atoms with van der Waals surface area (Å²) in [6.45, 7) is 0. The van der Waals surface area contributed by atoms with Crippen LogP contribution in [0.15, 0.2) is 70.7 Å². The molecular weight excluding hydrogens is 274 g/mol. The standard InChI is InChI=1S/C14H11N3O2S/c15-10-13(11-17-14-8-4-5-9-16-14)20(18,19)12-6-2-1-3-7-12/h1-9,11H,(H,16,17)/b13-11+. The second-order valence-corrected chi connectivity index (χ2v) is 5.71. The minimum Gasteiger partial charge on any atom is -0.345 e. The summed E-state index contributed by atoms with van der Waals surface area (Å²) in [5.41, 5.74) is 0. The number of allylic oxidation sites excluding steroid dienone is 1. The van der Waals surface area contributed by atoms with Gasteiger partial charge in [0.15, 0.2) is 4.91 Å². The average molecular weight is 285 g/mol. The predicted molar refractivity (Wildman–Crippen MR) is 75.2 cm³/mol. The summed E-state index contributed by atoms with van der Waals surface area (Å²) in [6.07, 6.45) is 2.71. The van der Waals surface area contributed by atoms with Crippen molar-refractivity contribution in [3.8, 4) is 6.07 Å². The summed E-state index contributed by atoms with van der Waals surface area (Å²) in [7, 11) is -3.81. The Morgan fingerprint density at radius 2 is 1.85 bits per heavy atom. The van der Waals surface area contributed by atoms with E-state index in [1.165, 1.54) is 12.1 Å². The highest BCUT2D eigenvalue weighted by atomic mass is 32.2. The zero-order valence-electron chi connectivity index (χ0n) is 10.4. The lowest BCUT2D eigenvalue weighted by Crippen LogP contribution is -2.05. The zero-order valence-corrected chi connectivity index (χ0v) is 11.2. The highest BCUT2D eigenvalue weighted by molar-refractivity contribution is 7.95. The Balaban J connectivity index is 2.31. The molecule has 0 saturated carbocycles. The number of rotatable bonds is 4. The number of nitriles is 1. The van der Waals surface area contributed by atoms with E-state index in [-0.39, 0.29) is 9.80 Å². The van der Waals surface area contributed by atoms with Crippen LogP contribution in [0.1, 0.15) is 0 Å². The van der Waals surface area contributed by atoms with Gasteiger partial charge in [0, 0.05) is 12.4 Å². The topological polar surface area (TPSA) is 82.8 Å². The van der Waals surface area contributed by atoms with Gasteiger partial charge in [0.2, 0.25) is 9.84 Å². The van der Waals surface area contributed by atoms with Crippen molar-refractivity contribution in [1.82, 2.24) is 4.98 Å². The Morgan fingerprint density at radius 3 is 2.45 bits per heavy atom. The number of anilines is 1. The van der Waals surface area contributed by atoms with Crippen LogP contribution in [0.25, 0.3) is 0 Å². The van der Waals surface area contributed by atoms with Crippen molar-refractivity contribution in [2.45, 2.75) is 4.90 Å². The fraction of sp³-hybridized carbons (Fsp3) is 0. The van der Waals surface area contributed by atoms with Gasteiger partial charge in [-0.25, -0.2) is 13.4 Å². The molecule has 20 heavy (non-hydrogen) atoms. The van der Waals surface area contributed by atoms with Crippen LogP contribution in [0.3, 0.4) is 0 Å². The number of hydrogen-bond acceptors (Lipinski definition) is 5. The smallest absolute Gasteiger partial charge is 0.218 e. The summed E-state index contributed by atoms with van der Waals surface area (Å²) in [5.74, 6) is 0.462. The number of benzene rings is 1. The summed E-state index contributed by atoms with van der Waals surface area (Å²) in [6, 6.07) is 14.7. The van der Waals surface area contributed by atoms with Crippen LogP contribution >= 0.6 is 0 Å². The molecular formula is C14H11N3O2S. The summed E-state index contributed by atoms with van der Waals surface area (Å²) < 4.78 is 24.5. The van der Waals surface area contributed by atoms with E-state index in [0.29, 0.717) is 5.82 Å². The normalized spacial score (nSPS) is 11.7. The van der Waals surface area contributed by atoms with Crippen LogP contribution in [0.2, 0.25) is 0 Å². The van der Waals surface area contributed by atoms with Crippen LogP contribution in [0.4, 0.5) is 5.82 Å². The van der Waals surface area contributed by atoms with E-state index in [1.54, 1.807) is 48.7 Å². The predicted octanol–water partition coefficient (Wildman–Crippen LogP) is 2.33. The number of nitrogens with one attached hydrogen (secondary N) is 1.